The van der Waals surface area contributed by atoms with Gasteiger partial charge in [-0.1, -0.05) is 32.4 Å². The van der Waals surface area contributed by atoms with Gasteiger partial charge in [0.05, 0.1) is 0 Å². The van der Waals surface area contributed by atoms with E-state index in [1.54, 1.807) is 0 Å². The van der Waals surface area contributed by atoms with Crippen LogP contribution in [0.1, 0.15) is 31.4 Å². The molecule has 76 valence electrons. The maximum atomic E-state index is 3.48. The van der Waals surface area contributed by atoms with Crippen molar-refractivity contribution in [2.24, 2.45) is 5.92 Å². The molecule has 0 saturated carbocycles. The molecule has 0 saturated heterocycles. The molecule has 0 radical (unpaired) electrons. The van der Waals surface area contributed by atoms with E-state index in [0.29, 0.717) is 0 Å². The lowest BCUT2D eigenvalue weighted by molar-refractivity contribution is 0.594. The summed E-state index contributed by atoms with van der Waals surface area (Å²) in [4.78, 5) is 0. The molecule has 0 spiro atoms. The van der Waals surface area contributed by atoms with Crippen molar-refractivity contribution in [3.63, 3.8) is 0 Å². The van der Waals surface area contributed by atoms with E-state index in [4.69, 9.17) is 0 Å². The Morgan fingerprint density at radius 3 is 3.07 bits per heavy atom. The number of nitrogens with one attached hydrogen (secondary N) is 1. The Morgan fingerprint density at radius 2 is 2.29 bits per heavy atom. The second kappa shape index (κ2) is 4.04. The normalized spacial score (nSPS) is 20.0. The van der Waals surface area contributed by atoms with E-state index in [2.05, 4.69) is 37.4 Å². The van der Waals surface area contributed by atoms with Crippen molar-refractivity contribution in [2.45, 2.75) is 33.1 Å². The number of benzene rings is 1. The standard InChI is InChI=1S/C13H19N/c1-3-4-11-5-6-13-12(8-11)7-10(2)9-14-13/h5-6,8,10,14H,3-4,7,9H2,1-2H3. The second-order valence-electron chi connectivity index (χ2n) is 4.43. The molecule has 1 unspecified atom stereocenters. The predicted molar refractivity (Wildman–Crippen MR) is 61.8 cm³/mol. The molecule has 1 aliphatic heterocycles. The summed E-state index contributed by atoms with van der Waals surface area (Å²) in [5, 5.41) is 3.48. The quantitative estimate of drug-likeness (QED) is 0.753. The molecule has 2 rings (SSSR count). The van der Waals surface area contributed by atoms with Gasteiger partial charge in [-0.25, -0.2) is 0 Å². The minimum atomic E-state index is 0.777. The van der Waals surface area contributed by atoms with Crippen LogP contribution in [0, 0.1) is 5.92 Å². The van der Waals surface area contributed by atoms with Gasteiger partial charge in [-0.3, -0.25) is 0 Å². The van der Waals surface area contributed by atoms with Crippen molar-refractivity contribution in [3.8, 4) is 0 Å². The Kier molecular flexibility index (Phi) is 2.76. The first-order valence-corrected chi connectivity index (χ1v) is 5.65. The number of fused-ring (bicyclic) bond motifs is 1. The Bertz CT molecular complexity index is 317. The molecule has 1 aromatic rings. The lowest BCUT2D eigenvalue weighted by Gasteiger charge is -2.23. The highest BCUT2D eigenvalue weighted by molar-refractivity contribution is 5.54. The first-order chi connectivity index (χ1) is 6.79. The van der Waals surface area contributed by atoms with E-state index in [-0.39, 0.29) is 0 Å². The number of rotatable bonds is 2. The number of aryl methyl sites for hydroxylation is 1. The summed E-state index contributed by atoms with van der Waals surface area (Å²) in [5.41, 5.74) is 4.35. The van der Waals surface area contributed by atoms with Crippen molar-refractivity contribution < 1.29 is 0 Å². The van der Waals surface area contributed by atoms with Crippen molar-refractivity contribution in [3.05, 3.63) is 29.3 Å². The van der Waals surface area contributed by atoms with Crippen LogP contribution in [-0.2, 0) is 12.8 Å². The Morgan fingerprint density at radius 1 is 1.43 bits per heavy atom. The first-order valence-electron chi connectivity index (χ1n) is 5.65. The third kappa shape index (κ3) is 1.92. The Balaban J connectivity index is 2.24. The monoisotopic (exact) mass is 189 g/mol. The summed E-state index contributed by atoms with van der Waals surface area (Å²) in [6.07, 6.45) is 3.68. The molecule has 0 aromatic heterocycles. The Labute approximate surface area is 86.5 Å². The van der Waals surface area contributed by atoms with Crippen LogP contribution in [0.4, 0.5) is 5.69 Å². The number of hydrogen-bond acceptors (Lipinski definition) is 1. The van der Waals surface area contributed by atoms with Gasteiger partial charge >= 0.3 is 0 Å². The molecule has 0 bridgehead atoms. The van der Waals surface area contributed by atoms with Gasteiger partial charge in [0.15, 0.2) is 0 Å². The summed E-state index contributed by atoms with van der Waals surface area (Å²) in [5.74, 6) is 0.777. The van der Waals surface area contributed by atoms with E-state index in [9.17, 15) is 0 Å². The second-order valence-corrected chi connectivity index (χ2v) is 4.43. The molecule has 0 aliphatic carbocycles. The molecule has 1 N–H and O–H groups in total. The molecular formula is C13H19N. The fraction of sp³-hybridized carbons (Fsp3) is 0.538. The summed E-state index contributed by atoms with van der Waals surface area (Å²) in [7, 11) is 0. The smallest absolute Gasteiger partial charge is 0.0373 e. The summed E-state index contributed by atoms with van der Waals surface area (Å²) >= 11 is 0. The fourth-order valence-corrected chi connectivity index (χ4v) is 2.16. The zero-order valence-electron chi connectivity index (χ0n) is 9.14. The highest BCUT2D eigenvalue weighted by Crippen LogP contribution is 2.25. The highest BCUT2D eigenvalue weighted by atomic mass is 14.9. The summed E-state index contributed by atoms with van der Waals surface area (Å²) in [6.45, 7) is 5.67. The molecule has 1 atom stereocenters. The molecule has 1 aliphatic rings. The third-order valence-corrected chi connectivity index (χ3v) is 2.92. The van der Waals surface area contributed by atoms with E-state index < -0.39 is 0 Å². The molecule has 1 heterocycles. The van der Waals surface area contributed by atoms with Crippen molar-refractivity contribution in [2.75, 3.05) is 11.9 Å². The molecule has 0 fully saturated rings. The van der Waals surface area contributed by atoms with E-state index in [0.717, 1.165) is 12.5 Å². The average Bonchev–Trinajstić information content (AvgIpc) is 2.17. The minimum absolute atomic E-state index is 0.777. The number of hydrogen-bond donors (Lipinski definition) is 1. The molecule has 1 heteroatoms. The third-order valence-electron chi connectivity index (χ3n) is 2.92. The van der Waals surface area contributed by atoms with Crippen LogP contribution >= 0.6 is 0 Å². The summed E-state index contributed by atoms with van der Waals surface area (Å²) in [6, 6.07) is 6.87. The van der Waals surface area contributed by atoms with E-state index in [1.165, 1.54) is 36.1 Å². The van der Waals surface area contributed by atoms with Gasteiger partial charge in [-0.15, -0.1) is 0 Å². The highest BCUT2D eigenvalue weighted by Gasteiger charge is 2.13. The van der Waals surface area contributed by atoms with E-state index in [1.807, 2.05) is 0 Å². The average molecular weight is 189 g/mol. The largest absolute Gasteiger partial charge is 0.385 e. The predicted octanol–water partition coefficient (Wildman–Crippen LogP) is 3.24. The van der Waals surface area contributed by atoms with Crippen LogP contribution in [0.25, 0.3) is 0 Å². The Hall–Kier alpha value is -0.980. The molecule has 0 amide bonds. The topological polar surface area (TPSA) is 12.0 Å². The maximum absolute atomic E-state index is 3.48. The van der Waals surface area contributed by atoms with Gasteiger partial charge in [0, 0.05) is 12.2 Å². The molecule has 14 heavy (non-hydrogen) atoms. The minimum Gasteiger partial charge on any atom is -0.385 e. The van der Waals surface area contributed by atoms with Crippen LogP contribution in [0.3, 0.4) is 0 Å². The molecular weight excluding hydrogens is 170 g/mol. The van der Waals surface area contributed by atoms with Crippen molar-refractivity contribution in [1.29, 1.82) is 0 Å². The van der Waals surface area contributed by atoms with Crippen molar-refractivity contribution in [1.82, 2.24) is 0 Å². The van der Waals surface area contributed by atoms with Crippen LogP contribution in [0.2, 0.25) is 0 Å². The van der Waals surface area contributed by atoms with Crippen LogP contribution in [0.15, 0.2) is 18.2 Å². The van der Waals surface area contributed by atoms with Gasteiger partial charge in [0.25, 0.3) is 0 Å². The van der Waals surface area contributed by atoms with Crippen LogP contribution in [-0.4, -0.2) is 6.54 Å². The van der Waals surface area contributed by atoms with Crippen LogP contribution < -0.4 is 5.32 Å². The molecule has 1 aromatic carbocycles. The van der Waals surface area contributed by atoms with Gasteiger partial charge in [-0.2, -0.15) is 0 Å². The SMILES string of the molecule is CCCc1ccc2c(c1)CC(C)CN2. The van der Waals surface area contributed by atoms with Crippen molar-refractivity contribution >= 4 is 5.69 Å². The lowest BCUT2D eigenvalue weighted by atomic mass is 9.93. The van der Waals surface area contributed by atoms with Gasteiger partial charge in [0.2, 0.25) is 0 Å². The zero-order chi connectivity index (χ0) is 9.97. The summed E-state index contributed by atoms with van der Waals surface area (Å²) < 4.78 is 0. The maximum Gasteiger partial charge on any atom is 0.0373 e. The zero-order valence-corrected chi connectivity index (χ0v) is 9.14. The van der Waals surface area contributed by atoms with Gasteiger partial charge in [0.1, 0.15) is 0 Å². The number of anilines is 1. The first kappa shape index (κ1) is 9.57. The fourth-order valence-electron chi connectivity index (χ4n) is 2.16. The van der Waals surface area contributed by atoms with E-state index >= 15 is 0 Å². The lowest BCUT2D eigenvalue weighted by Crippen LogP contribution is -2.20. The van der Waals surface area contributed by atoms with Gasteiger partial charge < -0.3 is 5.32 Å². The molecule has 1 nitrogen and oxygen atoms in total. The van der Waals surface area contributed by atoms with Crippen LogP contribution in [0.5, 0.6) is 0 Å². The van der Waals surface area contributed by atoms with Gasteiger partial charge in [-0.05, 0) is 36.0 Å².